The second kappa shape index (κ2) is 8.91. The van der Waals surface area contributed by atoms with Crippen LogP contribution in [0.3, 0.4) is 0 Å². The molecule has 0 spiro atoms. The van der Waals surface area contributed by atoms with Gasteiger partial charge in [-0.05, 0) is 35.2 Å². The summed E-state index contributed by atoms with van der Waals surface area (Å²) in [5.41, 5.74) is 15.8. The number of nitrogens with two attached hydrogens (primary N) is 2. The fourth-order valence-electron chi connectivity index (χ4n) is 3.55. The molecule has 2 aromatic carbocycles. The highest BCUT2D eigenvalue weighted by molar-refractivity contribution is 7.21. The number of carbonyl (C=O) groups excluding carboxylic acids is 1. The minimum Gasteiger partial charge on any atom is -0.397 e. The largest absolute Gasteiger partial charge is 0.397 e. The van der Waals surface area contributed by atoms with Crippen LogP contribution in [0.25, 0.3) is 21.3 Å². The lowest BCUT2D eigenvalue weighted by Crippen LogP contribution is -2.12. The van der Waals surface area contributed by atoms with Crippen molar-refractivity contribution >= 4 is 67.9 Å². The molecule has 0 saturated heterocycles. The Balaban J connectivity index is 1.88. The Hall–Kier alpha value is -3.31. The van der Waals surface area contributed by atoms with Crippen molar-refractivity contribution in [1.29, 1.82) is 5.26 Å². The fourth-order valence-corrected chi connectivity index (χ4v) is 4.89. The number of thiophene rings is 1. The Morgan fingerprint density at radius 2 is 1.85 bits per heavy atom. The third-order valence-electron chi connectivity index (χ3n) is 5.27. The number of aromatic nitrogens is 1. The van der Waals surface area contributed by atoms with Gasteiger partial charge >= 0.3 is 0 Å². The minimum atomic E-state index is -0.460. The number of rotatable bonds is 4. The zero-order chi connectivity index (χ0) is 23.9. The van der Waals surface area contributed by atoms with Gasteiger partial charge in [-0.2, -0.15) is 5.26 Å². The molecular weight excluding hydrogens is 477 g/mol. The predicted octanol–water partition coefficient (Wildman–Crippen LogP) is 6.68. The maximum Gasteiger partial charge on any atom is 0.267 e. The number of hydrogen-bond donors (Lipinski definition) is 3. The number of hydrogen-bond acceptors (Lipinski definition) is 6. The van der Waals surface area contributed by atoms with E-state index in [0.717, 1.165) is 22.5 Å². The average Bonchev–Trinajstić information content (AvgIpc) is 3.11. The number of nitrogens with zero attached hydrogens (tertiary/aromatic N) is 2. The van der Waals surface area contributed by atoms with Gasteiger partial charge in [0.15, 0.2) is 0 Å². The van der Waals surface area contributed by atoms with Crippen molar-refractivity contribution in [3.05, 3.63) is 68.5 Å². The minimum absolute atomic E-state index is 0.0824. The number of halogens is 2. The highest BCUT2D eigenvalue weighted by atomic mass is 35.5. The number of fused-ring (bicyclic) bond motifs is 1. The Kier molecular flexibility index (Phi) is 6.17. The molecule has 0 aliphatic heterocycles. The van der Waals surface area contributed by atoms with Crippen LogP contribution in [-0.2, 0) is 0 Å². The molecule has 5 N–H and O–H groups in total. The van der Waals surface area contributed by atoms with E-state index < -0.39 is 5.91 Å². The molecule has 0 atom stereocenters. The number of benzene rings is 2. The van der Waals surface area contributed by atoms with E-state index in [1.54, 1.807) is 18.2 Å². The second-order valence-electron chi connectivity index (χ2n) is 7.74. The molecule has 1 amide bonds. The van der Waals surface area contributed by atoms with Crippen molar-refractivity contribution in [2.75, 3.05) is 16.8 Å². The molecular formula is C24H19Cl2N5OS. The summed E-state index contributed by atoms with van der Waals surface area (Å²) >= 11 is 13.3. The summed E-state index contributed by atoms with van der Waals surface area (Å²) in [5, 5.41) is 13.8. The first-order chi connectivity index (χ1) is 15.7. The monoisotopic (exact) mass is 495 g/mol. The molecule has 4 rings (SSSR count). The summed E-state index contributed by atoms with van der Waals surface area (Å²) < 4.78 is 0. The van der Waals surface area contributed by atoms with Crippen molar-refractivity contribution in [3.63, 3.8) is 0 Å². The summed E-state index contributed by atoms with van der Waals surface area (Å²) in [6.07, 6.45) is 0. The lowest BCUT2D eigenvalue weighted by atomic mass is 9.94. The molecule has 166 valence electrons. The summed E-state index contributed by atoms with van der Waals surface area (Å²) in [4.78, 5) is 18.1. The van der Waals surface area contributed by atoms with Gasteiger partial charge in [-0.25, -0.2) is 4.98 Å². The molecule has 9 heteroatoms. The first-order valence-electron chi connectivity index (χ1n) is 9.99. The number of nitriles is 1. The van der Waals surface area contributed by atoms with Crippen molar-refractivity contribution in [2.45, 2.75) is 19.8 Å². The van der Waals surface area contributed by atoms with Crippen LogP contribution in [-0.4, -0.2) is 10.9 Å². The fraction of sp³-hybridized carbons (Fsp3) is 0.125. The summed E-state index contributed by atoms with van der Waals surface area (Å²) in [6.45, 7) is 4.21. The quantitative estimate of drug-likeness (QED) is 0.291. The number of anilines is 3. The van der Waals surface area contributed by atoms with Crippen LogP contribution in [0.2, 0.25) is 10.0 Å². The van der Waals surface area contributed by atoms with Crippen molar-refractivity contribution < 1.29 is 4.79 Å². The van der Waals surface area contributed by atoms with Crippen LogP contribution in [0.5, 0.6) is 0 Å². The van der Waals surface area contributed by atoms with Crippen LogP contribution < -0.4 is 16.8 Å². The van der Waals surface area contributed by atoms with E-state index in [1.165, 1.54) is 0 Å². The molecule has 2 aromatic heterocycles. The Bertz CT molecular complexity index is 1440. The van der Waals surface area contributed by atoms with E-state index in [1.807, 2.05) is 24.3 Å². The normalized spacial score (nSPS) is 11.0. The molecule has 0 unspecified atom stereocenters. The summed E-state index contributed by atoms with van der Waals surface area (Å²) in [5.74, 6) is -0.0197. The van der Waals surface area contributed by atoms with Gasteiger partial charge in [0.05, 0.1) is 16.4 Å². The molecule has 0 fully saturated rings. The van der Waals surface area contributed by atoms with Gasteiger partial charge in [0, 0.05) is 16.0 Å². The van der Waals surface area contributed by atoms with Gasteiger partial charge in [0.2, 0.25) is 0 Å². The molecule has 0 aliphatic rings. The number of pyridine rings is 1. The van der Waals surface area contributed by atoms with E-state index in [2.05, 4.69) is 30.2 Å². The van der Waals surface area contributed by atoms with Gasteiger partial charge < -0.3 is 16.8 Å². The third kappa shape index (κ3) is 4.21. The molecule has 2 heterocycles. The summed E-state index contributed by atoms with van der Waals surface area (Å²) in [7, 11) is 0. The number of nitrogen functional groups attached to an aromatic ring is 2. The Labute approximate surface area is 204 Å². The van der Waals surface area contributed by atoms with Crippen molar-refractivity contribution in [2.24, 2.45) is 0 Å². The number of nitrogens with one attached hydrogen (secondary N) is 1. The molecule has 0 radical (unpaired) electrons. The molecule has 0 aliphatic carbocycles. The highest BCUT2D eigenvalue weighted by Crippen LogP contribution is 2.43. The number of carbonyl (C=O) groups is 1. The van der Waals surface area contributed by atoms with E-state index in [4.69, 9.17) is 34.7 Å². The van der Waals surface area contributed by atoms with E-state index in [9.17, 15) is 10.1 Å². The lowest BCUT2D eigenvalue weighted by molar-refractivity contribution is 0.103. The molecule has 4 aromatic rings. The van der Waals surface area contributed by atoms with E-state index in [0.29, 0.717) is 37.4 Å². The van der Waals surface area contributed by atoms with Gasteiger partial charge in [0.25, 0.3) is 5.91 Å². The maximum atomic E-state index is 13.1. The van der Waals surface area contributed by atoms with E-state index >= 15 is 0 Å². The smallest absolute Gasteiger partial charge is 0.267 e. The van der Waals surface area contributed by atoms with Crippen LogP contribution >= 0.6 is 34.5 Å². The van der Waals surface area contributed by atoms with Crippen LogP contribution in [0, 0.1) is 11.3 Å². The zero-order valence-corrected chi connectivity index (χ0v) is 20.1. The molecule has 33 heavy (non-hydrogen) atoms. The first-order valence-corrected chi connectivity index (χ1v) is 11.6. The summed E-state index contributed by atoms with van der Waals surface area (Å²) in [6, 6.07) is 14.8. The van der Waals surface area contributed by atoms with E-state index in [-0.39, 0.29) is 21.9 Å². The standard InChI is InChI=1S/C24H19Cl2N5OS/c1-11(2)12-3-5-13(6-4-12)18-15(10-27)22(29)31-24-19(18)20(28)21(33-24)23(32)30-17-9-14(25)7-8-16(17)26/h3-9,11H,28H2,1-2H3,(H2,29,31)(H,30,32). The van der Waals surface area contributed by atoms with Gasteiger partial charge in [-0.1, -0.05) is 61.3 Å². The molecule has 6 nitrogen and oxygen atoms in total. The second-order valence-corrected chi connectivity index (χ2v) is 9.58. The van der Waals surface area contributed by atoms with Crippen LogP contribution in [0.15, 0.2) is 42.5 Å². The molecule has 0 bridgehead atoms. The third-order valence-corrected chi connectivity index (χ3v) is 6.93. The van der Waals surface area contributed by atoms with Crippen LogP contribution in [0.4, 0.5) is 17.2 Å². The average molecular weight is 496 g/mol. The maximum absolute atomic E-state index is 13.1. The lowest BCUT2D eigenvalue weighted by Gasteiger charge is -2.11. The van der Waals surface area contributed by atoms with Crippen molar-refractivity contribution in [3.8, 4) is 17.2 Å². The highest BCUT2D eigenvalue weighted by Gasteiger charge is 2.24. The predicted molar refractivity (Wildman–Crippen MR) is 137 cm³/mol. The zero-order valence-electron chi connectivity index (χ0n) is 17.7. The van der Waals surface area contributed by atoms with Crippen molar-refractivity contribution in [1.82, 2.24) is 4.98 Å². The first kappa shape index (κ1) is 22.9. The Morgan fingerprint density at radius 1 is 1.15 bits per heavy atom. The number of amides is 1. The van der Waals surface area contributed by atoms with Gasteiger partial charge in [-0.3, -0.25) is 4.79 Å². The topological polar surface area (TPSA) is 118 Å². The molecule has 0 saturated carbocycles. The van der Waals surface area contributed by atoms with Crippen LogP contribution in [0.1, 0.15) is 40.6 Å². The van der Waals surface area contributed by atoms with Gasteiger partial charge in [0.1, 0.15) is 27.2 Å². The SMILES string of the molecule is CC(C)c1ccc(-c2c(C#N)c(N)nc3sc(C(=O)Nc4cc(Cl)ccc4Cl)c(N)c23)cc1. The van der Waals surface area contributed by atoms with Gasteiger partial charge in [-0.15, -0.1) is 11.3 Å². The Morgan fingerprint density at radius 3 is 2.48 bits per heavy atom.